The normalized spacial score (nSPS) is 10.9. The quantitative estimate of drug-likeness (QED) is 0.450. The first kappa shape index (κ1) is 17.3. The van der Waals surface area contributed by atoms with E-state index in [0.717, 1.165) is 15.3 Å². The molecule has 0 bridgehead atoms. The standard InChI is InChI=1S/C23H17NO2S/c1-15-24-22-20(27-15)13-12-18(14-19(25)16-8-4-2-5-9-16)21(22)23(26)17-10-6-3-7-11-17/h2-13H,14H2,1H3. The maximum Gasteiger partial charge on any atom is 0.195 e. The first-order valence-corrected chi connectivity index (χ1v) is 9.52. The molecular formula is C23H17NO2S. The van der Waals surface area contributed by atoms with E-state index in [9.17, 15) is 9.59 Å². The zero-order valence-corrected chi connectivity index (χ0v) is 15.6. The van der Waals surface area contributed by atoms with Crippen LogP contribution in [0.2, 0.25) is 0 Å². The highest BCUT2D eigenvalue weighted by atomic mass is 32.1. The molecule has 0 spiro atoms. The molecule has 0 N–H and O–H groups in total. The first-order valence-electron chi connectivity index (χ1n) is 8.70. The van der Waals surface area contributed by atoms with Crippen LogP contribution in [0.1, 0.15) is 36.9 Å². The molecule has 3 nitrogen and oxygen atoms in total. The highest BCUT2D eigenvalue weighted by molar-refractivity contribution is 7.18. The summed E-state index contributed by atoms with van der Waals surface area (Å²) < 4.78 is 0.961. The zero-order valence-electron chi connectivity index (χ0n) is 14.8. The lowest BCUT2D eigenvalue weighted by Crippen LogP contribution is -2.11. The molecule has 0 fully saturated rings. The predicted octanol–water partition coefficient (Wildman–Crippen LogP) is 5.26. The van der Waals surface area contributed by atoms with Gasteiger partial charge in [0.25, 0.3) is 0 Å². The van der Waals surface area contributed by atoms with Gasteiger partial charge < -0.3 is 0 Å². The summed E-state index contributed by atoms with van der Waals surface area (Å²) in [6, 6.07) is 22.2. The van der Waals surface area contributed by atoms with Crippen LogP contribution in [0.3, 0.4) is 0 Å². The van der Waals surface area contributed by atoms with Crippen LogP contribution < -0.4 is 0 Å². The molecule has 0 aliphatic rings. The van der Waals surface area contributed by atoms with Crippen molar-refractivity contribution in [3.63, 3.8) is 0 Å². The van der Waals surface area contributed by atoms with Crippen LogP contribution in [0.25, 0.3) is 10.2 Å². The molecule has 0 aliphatic carbocycles. The van der Waals surface area contributed by atoms with Crippen molar-refractivity contribution >= 4 is 33.1 Å². The lowest BCUT2D eigenvalue weighted by Gasteiger charge is -2.10. The topological polar surface area (TPSA) is 47.0 Å². The lowest BCUT2D eigenvalue weighted by molar-refractivity contribution is 0.0992. The average molecular weight is 371 g/mol. The number of hydrogen-bond donors (Lipinski definition) is 0. The summed E-state index contributed by atoms with van der Waals surface area (Å²) in [6.45, 7) is 1.93. The van der Waals surface area contributed by atoms with Gasteiger partial charge in [-0.15, -0.1) is 11.3 Å². The first-order chi connectivity index (χ1) is 13.1. The van der Waals surface area contributed by atoms with Gasteiger partial charge in [0.2, 0.25) is 0 Å². The van der Waals surface area contributed by atoms with E-state index in [1.165, 1.54) is 0 Å². The molecule has 1 heterocycles. The van der Waals surface area contributed by atoms with Gasteiger partial charge in [-0.1, -0.05) is 66.7 Å². The fourth-order valence-electron chi connectivity index (χ4n) is 3.18. The summed E-state index contributed by atoms with van der Waals surface area (Å²) in [6.07, 6.45) is 0.171. The van der Waals surface area contributed by atoms with Crippen LogP contribution in [-0.4, -0.2) is 16.6 Å². The zero-order chi connectivity index (χ0) is 18.8. The van der Waals surface area contributed by atoms with Crippen LogP contribution in [0.15, 0.2) is 72.8 Å². The predicted molar refractivity (Wildman–Crippen MR) is 109 cm³/mol. The summed E-state index contributed by atoms with van der Waals surface area (Å²) in [5, 5.41) is 0.902. The lowest BCUT2D eigenvalue weighted by atomic mass is 9.93. The van der Waals surface area contributed by atoms with Crippen molar-refractivity contribution in [1.29, 1.82) is 0 Å². The van der Waals surface area contributed by atoms with E-state index in [-0.39, 0.29) is 18.0 Å². The van der Waals surface area contributed by atoms with Crippen molar-refractivity contribution in [1.82, 2.24) is 4.98 Å². The number of carbonyl (C=O) groups excluding carboxylic acids is 2. The smallest absolute Gasteiger partial charge is 0.195 e. The second-order valence-electron chi connectivity index (χ2n) is 6.34. The molecule has 0 aliphatic heterocycles. The number of nitrogens with zero attached hydrogens (tertiary/aromatic N) is 1. The molecule has 4 heteroatoms. The van der Waals surface area contributed by atoms with E-state index in [2.05, 4.69) is 4.98 Å². The Bertz CT molecular complexity index is 1130. The summed E-state index contributed by atoms with van der Waals surface area (Å²) in [5.74, 6) is -0.105. The Morgan fingerprint density at radius 1 is 0.852 bits per heavy atom. The van der Waals surface area contributed by atoms with Crippen LogP contribution in [0.4, 0.5) is 0 Å². The van der Waals surface area contributed by atoms with Crippen molar-refractivity contribution in [2.45, 2.75) is 13.3 Å². The molecule has 0 unspecified atom stereocenters. The van der Waals surface area contributed by atoms with E-state index in [1.54, 1.807) is 35.6 Å². The number of rotatable bonds is 5. The van der Waals surface area contributed by atoms with Gasteiger partial charge in [0, 0.05) is 17.5 Å². The second kappa shape index (κ2) is 7.25. The Hall–Kier alpha value is -3.11. The van der Waals surface area contributed by atoms with Crippen LogP contribution in [0, 0.1) is 6.92 Å². The number of hydrogen-bond acceptors (Lipinski definition) is 4. The number of fused-ring (bicyclic) bond motifs is 1. The molecule has 4 rings (SSSR count). The Labute approximate surface area is 161 Å². The minimum absolute atomic E-state index is 0.0102. The summed E-state index contributed by atoms with van der Waals surface area (Å²) in [5.41, 5.74) is 3.18. The third-order valence-corrected chi connectivity index (χ3v) is 5.40. The van der Waals surface area contributed by atoms with E-state index in [0.29, 0.717) is 22.2 Å². The van der Waals surface area contributed by atoms with Gasteiger partial charge in [-0.3, -0.25) is 9.59 Å². The number of aryl methyl sites for hydroxylation is 1. The Morgan fingerprint density at radius 2 is 1.48 bits per heavy atom. The molecule has 3 aromatic carbocycles. The maximum absolute atomic E-state index is 13.3. The number of carbonyl (C=O) groups is 2. The fourth-order valence-corrected chi connectivity index (χ4v) is 4.02. The van der Waals surface area contributed by atoms with Crippen molar-refractivity contribution in [2.24, 2.45) is 0 Å². The minimum Gasteiger partial charge on any atom is -0.294 e. The highest BCUT2D eigenvalue weighted by Gasteiger charge is 2.21. The van der Waals surface area contributed by atoms with E-state index in [1.807, 2.05) is 55.5 Å². The largest absolute Gasteiger partial charge is 0.294 e. The molecule has 27 heavy (non-hydrogen) atoms. The van der Waals surface area contributed by atoms with Crippen molar-refractivity contribution in [3.05, 3.63) is 100 Å². The average Bonchev–Trinajstić information content (AvgIpc) is 3.09. The molecule has 0 atom stereocenters. The Morgan fingerprint density at radius 3 is 2.15 bits per heavy atom. The van der Waals surface area contributed by atoms with Gasteiger partial charge in [-0.2, -0.15) is 0 Å². The SMILES string of the molecule is Cc1nc2c(C(=O)c3ccccc3)c(CC(=O)c3ccccc3)ccc2s1. The van der Waals surface area contributed by atoms with Gasteiger partial charge >= 0.3 is 0 Å². The van der Waals surface area contributed by atoms with E-state index >= 15 is 0 Å². The highest BCUT2D eigenvalue weighted by Crippen LogP contribution is 2.29. The van der Waals surface area contributed by atoms with Gasteiger partial charge in [0.1, 0.15) is 0 Å². The van der Waals surface area contributed by atoms with Crippen LogP contribution in [-0.2, 0) is 6.42 Å². The molecule has 4 aromatic rings. The third-order valence-electron chi connectivity index (χ3n) is 4.46. The molecule has 1 aromatic heterocycles. The number of Topliss-reactive ketones (excluding diaryl/α,β-unsaturated/α-hetero) is 1. The summed E-state index contributed by atoms with van der Waals surface area (Å²) >= 11 is 1.55. The minimum atomic E-state index is -0.0950. The van der Waals surface area contributed by atoms with Crippen molar-refractivity contribution < 1.29 is 9.59 Å². The summed E-state index contributed by atoms with van der Waals surface area (Å²) in [7, 11) is 0. The number of benzene rings is 3. The van der Waals surface area contributed by atoms with Gasteiger partial charge in [-0.05, 0) is 18.6 Å². The molecular weight excluding hydrogens is 354 g/mol. The monoisotopic (exact) mass is 371 g/mol. The third kappa shape index (κ3) is 3.44. The maximum atomic E-state index is 13.3. The molecule has 0 radical (unpaired) electrons. The number of thiazole rings is 1. The second-order valence-corrected chi connectivity index (χ2v) is 7.58. The Kier molecular flexibility index (Phi) is 4.65. The van der Waals surface area contributed by atoms with E-state index in [4.69, 9.17) is 0 Å². The van der Waals surface area contributed by atoms with E-state index < -0.39 is 0 Å². The van der Waals surface area contributed by atoms with Gasteiger partial charge in [0.05, 0.1) is 20.8 Å². The van der Waals surface area contributed by atoms with Crippen molar-refractivity contribution in [2.75, 3.05) is 0 Å². The molecule has 132 valence electrons. The van der Waals surface area contributed by atoms with Crippen LogP contribution >= 0.6 is 11.3 Å². The van der Waals surface area contributed by atoms with Gasteiger partial charge in [0.15, 0.2) is 11.6 Å². The molecule has 0 amide bonds. The molecule has 0 saturated heterocycles. The Balaban J connectivity index is 1.83. The summed E-state index contributed by atoms with van der Waals surface area (Å²) in [4.78, 5) is 30.6. The number of ketones is 2. The fraction of sp³-hybridized carbons (Fsp3) is 0.0870. The van der Waals surface area contributed by atoms with Crippen molar-refractivity contribution in [3.8, 4) is 0 Å². The number of aromatic nitrogens is 1. The molecule has 0 saturated carbocycles. The van der Waals surface area contributed by atoms with Gasteiger partial charge in [-0.25, -0.2) is 4.98 Å². The van der Waals surface area contributed by atoms with Crippen LogP contribution in [0.5, 0.6) is 0 Å².